The zero-order chi connectivity index (χ0) is 14.1. The van der Waals surface area contributed by atoms with E-state index in [2.05, 4.69) is 4.98 Å². The topological polar surface area (TPSA) is 64.3 Å². The molecule has 1 heterocycles. The Morgan fingerprint density at radius 1 is 1.50 bits per heavy atom. The smallest absolute Gasteiger partial charge is 0.335 e. The summed E-state index contributed by atoms with van der Waals surface area (Å²) in [5, 5.41) is 9.07. The van der Waals surface area contributed by atoms with Gasteiger partial charge < -0.3 is 14.4 Å². The second-order valence-electron chi connectivity index (χ2n) is 5.34. The molecule has 0 atom stereocenters. The molecule has 20 heavy (non-hydrogen) atoms. The fraction of sp³-hybridized carbons (Fsp3) is 0.467. The first-order valence-electron chi connectivity index (χ1n) is 6.93. The molecule has 106 valence electrons. The summed E-state index contributed by atoms with van der Waals surface area (Å²) in [5.74, 6) is 0.731. The van der Waals surface area contributed by atoms with E-state index in [-0.39, 0.29) is 5.56 Å². The second kappa shape index (κ2) is 5.25. The molecule has 0 aliphatic heterocycles. The minimum atomic E-state index is -0.915. The van der Waals surface area contributed by atoms with Gasteiger partial charge in [0.1, 0.15) is 5.82 Å². The van der Waals surface area contributed by atoms with Crippen molar-refractivity contribution in [2.45, 2.75) is 26.3 Å². The molecule has 5 heteroatoms. The molecule has 1 fully saturated rings. The lowest BCUT2D eigenvalue weighted by atomic mass is 10.2. The highest BCUT2D eigenvalue weighted by atomic mass is 16.5. The molecule has 1 aromatic carbocycles. The number of aromatic nitrogens is 2. The number of fused-ring (bicyclic) bond motifs is 1. The van der Waals surface area contributed by atoms with Crippen LogP contribution in [-0.4, -0.2) is 33.8 Å². The summed E-state index contributed by atoms with van der Waals surface area (Å²) in [4.78, 5) is 15.5. The quantitative estimate of drug-likeness (QED) is 0.822. The van der Waals surface area contributed by atoms with Gasteiger partial charge in [0.15, 0.2) is 0 Å². The number of carbonyl (C=O) groups is 1. The molecule has 3 rings (SSSR count). The Balaban J connectivity index is 1.78. The van der Waals surface area contributed by atoms with Crippen LogP contribution in [0, 0.1) is 12.8 Å². The zero-order valence-corrected chi connectivity index (χ0v) is 11.5. The van der Waals surface area contributed by atoms with Gasteiger partial charge >= 0.3 is 5.97 Å². The Bertz CT molecular complexity index is 644. The Morgan fingerprint density at radius 2 is 2.30 bits per heavy atom. The maximum absolute atomic E-state index is 11.1. The third-order valence-electron chi connectivity index (χ3n) is 3.70. The molecule has 1 aliphatic carbocycles. The van der Waals surface area contributed by atoms with E-state index in [9.17, 15) is 4.79 Å². The normalized spacial score (nSPS) is 14.8. The van der Waals surface area contributed by atoms with Gasteiger partial charge in [0.25, 0.3) is 0 Å². The SMILES string of the molecule is Cc1nc2ccc(C(=O)O)cc2n1CCOCC1CC1. The van der Waals surface area contributed by atoms with Crippen molar-refractivity contribution < 1.29 is 14.6 Å². The number of carboxylic acid groups (broad SMARTS) is 1. The molecule has 0 saturated heterocycles. The molecule has 1 aromatic heterocycles. The third-order valence-corrected chi connectivity index (χ3v) is 3.70. The van der Waals surface area contributed by atoms with Crippen LogP contribution in [0.25, 0.3) is 11.0 Å². The standard InChI is InChI=1S/C15H18N2O3/c1-10-16-13-5-4-12(15(18)19)8-14(13)17(10)6-7-20-9-11-2-3-11/h4-5,8,11H,2-3,6-7,9H2,1H3,(H,18,19). The molecular weight excluding hydrogens is 256 g/mol. The van der Waals surface area contributed by atoms with Crippen LogP contribution >= 0.6 is 0 Å². The lowest BCUT2D eigenvalue weighted by molar-refractivity contribution is 0.0697. The Hall–Kier alpha value is -1.88. The first kappa shape index (κ1) is 13.1. The fourth-order valence-corrected chi connectivity index (χ4v) is 2.35. The number of rotatable bonds is 6. The first-order chi connectivity index (χ1) is 9.65. The summed E-state index contributed by atoms with van der Waals surface area (Å²) < 4.78 is 7.67. The number of aryl methyl sites for hydroxylation is 1. The fourth-order valence-electron chi connectivity index (χ4n) is 2.35. The summed E-state index contributed by atoms with van der Waals surface area (Å²) in [6, 6.07) is 5.02. The van der Waals surface area contributed by atoms with E-state index in [4.69, 9.17) is 9.84 Å². The summed E-state index contributed by atoms with van der Waals surface area (Å²) in [6.07, 6.45) is 2.57. The van der Waals surface area contributed by atoms with Gasteiger partial charge in [-0.3, -0.25) is 0 Å². The van der Waals surface area contributed by atoms with E-state index in [1.165, 1.54) is 12.8 Å². The highest BCUT2D eigenvalue weighted by molar-refractivity contribution is 5.92. The molecular formula is C15H18N2O3. The number of imidazole rings is 1. The monoisotopic (exact) mass is 274 g/mol. The van der Waals surface area contributed by atoms with Gasteiger partial charge in [0.2, 0.25) is 0 Å². The van der Waals surface area contributed by atoms with E-state index in [1.54, 1.807) is 18.2 Å². The summed E-state index contributed by atoms with van der Waals surface area (Å²) in [7, 11) is 0. The van der Waals surface area contributed by atoms with E-state index >= 15 is 0 Å². The van der Waals surface area contributed by atoms with Crippen molar-refractivity contribution in [2.75, 3.05) is 13.2 Å². The van der Waals surface area contributed by atoms with Gasteiger partial charge in [-0.15, -0.1) is 0 Å². The van der Waals surface area contributed by atoms with E-state index in [1.807, 2.05) is 11.5 Å². The van der Waals surface area contributed by atoms with Crippen molar-refractivity contribution in [2.24, 2.45) is 5.92 Å². The predicted molar refractivity (Wildman–Crippen MR) is 75.0 cm³/mol. The average molecular weight is 274 g/mol. The van der Waals surface area contributed by atoms with Crippen LogP contribution in [0.2, 0.25) is 0 Å². The van der Waals surface area contributed by atoms with Gasteiger partial charge in [-0.1, -0.05) is 0 Å². The van der Waals surface area contributed by atoms with Gasteiger partial charge in [-0.05, 0) is 43.9 Å². The molecule has 0 unspecified atom stereocenters. The molecule has 5 nitrogen and oxygen atoms in total. The Morgan fingerprint density at radius 3 is 3.00 bits per heavy atom. The maximum Gasteiger partial charge on any atom is 0.335 e. The number of carboxylic acids is 1. The summed E-state index contributed by atoms with van der Waals surface area (Å²) in [6.45, 7) is 4.12. The van der Waals surface area contributed by atoms with Crippen LogP contribution in [0.3, 0.4) is 0 Å². The lowest BCUT2D eigenvalue weighted by Gasteiger charge is -2.08. The zero-order valence-electron chi connectivity index (χ0n) is 11.5. The minimum absolute atomic E-state index is 0.289. The number of hydrogen-bond donors (Lipinski definition) is 1. The van der Waals surface area contributed by atoms with Crippen LogP contribution in [0.4, 0.5) is 0 Å². The molecule has 2 aromatic rings. The molecule has 1 saturated carbocycles. The molecule has 0 spiro atoms. The van der Waals surface area contributed by atoms with Crippen molar-refractivity contribution in [1.82, 2.24) is 9.55 Å². The van der Waals surface area contributed by atoms with Crippen molar-refractivity contribution in [3.8, 4) is 0 Å². The van der Waals surface area contributed by atoms with Gasteiger partial charge in [-0.2, -0.15) is 0 Å². The molecule has 0 bridgehead atoms. The number of ether oxygens (including phenoxy) is 1. The lowest BCUT2D eigenvalue weighted by Crippen LogP contribution is -2.09. The van der Waals surface area contributed by atoms with Crippen molar-refractivity contribution in [3.05, 3.63) is 29.6 Å². The third kappa shape index (κ3) is 2.67. The number of nitrogens with zero attached hydrogens (tertiary/aromatic N) is 2. The minimum Gasteiger partial charge on any atom is -0.478 e. The van der Waals surface area contributed by atoms with Crippen LogP contribution < -0.4 is 0 Å². The number of aromatic carboxylic acids is 1. The van der Waals surface area contributed by atoms with Gasteiger partial charge in [0, 0.05) is 13.2 Å². The summed E-state index contributed by atoms with van der Waals surface area (Å²) in [5.41, 5.74) is 1.98. The van der Waals surface area contributed by atoms with Crippen molar-refractivity contribution >= 4 is 17.0 Å². The molecule has 1 aliphatic rings. The van der Waals surface area contributed by atoms with E-state index in [0.29, 0.717) is 13.2 Å². The Kier molecular flexibility index (Phi) is 3.44. The number of hydrogen-bond acceptors (Lipinski definition) is 3. The van der Waals surface area contributed by atoms with Crippen LogP contribution in [-0.2, 0) is 11.3 Å². The maximum atomic E-state index is 11.1. The van der Waals surface area contributed by atoms with E-state index < -0.39 is 5.97 Å². The van der Waals surface area contributed by atoms with Crippen LogP contribution in [0.1, 0.15) is 29.0 Å². The second-order valence-corrected chi connectivity index (χ2v) is 5.34. The van der Waals surface area contributed by atoms with Gasteiger partial charge in [-0.25, -0.2) is 9.78 Å². The molecule has 0 radical (unpaired) electrons. The van der Waals surface area contributed by atoms with Crippen molar-refractivity contribution in [3.63, 3.8) is 0 Å². The Labute approximate surface area is 117 Å². The van der Waals surface area contributed by atoms with Gasteiger partial charge in [0.05, 0.1) is 23.2 Å². The van der Waals surface area contributed by atoms with Crippen LogP contribution in [0.5, 0.6) is 0 Å². The largest absolute Gasteiger partial charge is 0.478 e. The molecule has 1 N–H and O–H groups in total. The van der Waals surface area contributed by atoms with Crippen molar-refractivity contribution in [1.29, 1.82) is 0 Å². The number of benzene rings is 1. The average Bonchev–Trinajstić information content (AvgIpc) is 3.18. The molecule has 0 amide bonds. The van der Waals surface area contributed by atoms with E-state index in [0.717, 1.165) is 29.4 Å². The highest BCUT2D eigenvalue weighted by Gasteiger charge is 2.21. The highest BCUT2D eigenvalue weighted by Crippen LogP contribution is 2.28. The first-order valence-corrected chi connectivity index (χ1v) is 6.93. The predicted octanol–water partition coefficient (Wildman–Crippen LogP) is 2.47. The summed E-state index contributed by atoms with van der Waals surface area (Å²) >= 11 is 0. The van der Waals surface area contributed by atoms with Crippen LogP contribution in [0.15, 0.2) is 18.2 Å².